The highest BCUT2D eigenvalue weighted by Gasteiger charge is 2.30. The Hall–Kier alpha value is -3.07. The third-order valence-corrected chi connectivity index (χ3v) is 7.11. The van der Waals surface area contributed by atoms with Crippen molar-refractivity contribution in [1.82, 2.24) is 24.6 Å². The number of carbonyl (C=O) groups is 2. The largest absolute Gasteiger partial charge is 0.461 e. The van der Waals surface area contributed by atoms with E-state index in [2.05, 4.69) is 17.1 Å². The number of hydrogen-bond acceptors (Lipinski definition) is 6. The molecule has 1 unspecified atom stereocenters. The van der Waals surface area contributed by atoms with Crippen LogP contribution < -0.4 is 0 Å². The minimum atomic E-state index is 0.00437. The number of piperazine rings is 1. The Morgan fingerprint density at radius 1 is 1.09 bits per heavy atom. The zero-order chi connectivity index (χ0) is 23.9. The van der Waals surface area contributed by atoms with Crippen LogP contribution in [0.5, 0.6) is 0 Å². The number of amides is 2. The van der Waals surface area contributed by atoms with Crippen LogP contribution in [0.25, 0.3) is 11.6 Å². The van der Waals surface area contributed by atoms with Gasteiger partial charge in [-0.05, 0) is 51.0 Å². The Kier molecular flexibility index (Phi) is 8.05. The van der Waals surface area contributed by atoms with Gasteiger partial charge < -0.3 is 14.2 Å². The smallest absolute Gasteiger partial charge is 0.254 e. The van der Waals surface area contributed by atoms with E-state index in [0.29, 0.717) is 37.4 Å². The fourth-order valence-corrected chi connectivity index (χ4v) is 5.20. The van der Waals surface area contributed by atoms with E-state index in [9.17, 15) is 9.59 Å². The Balaban J connectivity index is 1.19. The van der Waals surface area contributed by atoms with E-state index >= 15 is 0 Å². The number of carbonyl (C=O) groups excluding carboxylic acids is 2. The fraction of sp³-hybridized carbons (Fsp3) is 0.440. The zero-order valence-electron chi connectivity index (χ0n) is 19.7. The van der Waals surface area contributed by atoms with E-state index in [1.165, 1.54) is 0 Å². The summed E-state index contributed by atoms with van der Waals surface area (Å²) in [4.78, 5) is 29.3. The van der Waals surface area contributed by atoms with Crippen molar-refractivity contribution in [1.29, 1.82) is 0 Å². The van der Waals surface area contributed by atoms with E-state index in [1.807, 2.05) is 63.8 Å². The predicted molar refractivity (Wildman–Crippen MR) is 131 cm³/mol. The van der Waals surface area contributed by atoms with Gasteiger partial charge in [-0.2, -0.15) is 0 Å². The Labute approximate surface area is 204 Å². The molecule has 0 saturated carbocycles. The summed E-state index contributed by atoms with van der Waals surface area (Å²) in [6.45, 7) is 6.58. The Morgan fingerprint density at radius 3 is 2.62 bits per heavy atom. The van der Waals surface area contributed by atoms with Gasteiger partial charge in [0.05, 0.1) is 6.26 Å². The van der Waals surface area contributed by atoms with Crippen LogP contribution in [0.4, 0.5) is 0 Å². The molecule has 0 aliphatic carbocycles. The first-order valence-electron chi connectivity index (χ1n) is 11.8. The van der Waals surface area contributed by atoms with E-state index in [-0.39, 0.29) is 17.9 Å². The number of hydrogen-bond donors (Lipinski definition) is 0. The van der Waals surface area contributed by atoms with Crippen molar-refractivity contribution in [2.24, 2.45) is 0 Å². The number of aromatic nitrogens is 3. The van der Waals surface area contributed by atoms with Crippen molar-refractivity contribution in [3.05, 3.63) is 54.3 Å². The number of furan rings is 1. The minimum absolute atomic E-state index is 0.00437. The molecule has 3 aromatic rings. The molecule has 0 radical (unpaired) electrons. The fourth-order valence-electron chi connectivity index (χ4n) is 4.20. The molecule has 0 spiro atoms. The first kappa shape index (κ1) is 24.1. The number of benzene rings is 1. The molecule has 180 valence electrons. The third-order valence-electron chi connectivity index (χ3n) is 6.05. The summed E-state index contributed by atoms with van der Waals surface area (Å²) < 4.78 is 7.50. The molecular formula is C25H31N5O3S. The molecule has 9 heteroatoms. The van der Waals surface area contributed by atoms with Gasteiger partial charge >= 0.3 is 0 Å². The lowest BCUT2D eigenvalue weighted by molar-refractivity contribution is -0.133. The maximum atomic E-state index is 12.8. The molecule has 1 aliphatic heterocycles. The third kappa shape index (κ3) is 5.52. The van der Waals surface area contributed by atoms with Crippen molar-refractivity contribution in [2.75, 3.05) is 25.4 Å². The highest BCUT2D eigenvalue weighted by Crippen LogP contribution is 2.25. The molecule has 0 bridgehead atoms. The average molecular weight is 482 g/mol. The van der Waals surface area contributed by atoms with E-state index in [0.717, 1.165) is 36.1 Å². The molecule has 0 N–H and O–H groups in total. The van der Waals surface area contributed by atoms with Gasteiger partial charge in [-0.25, -0.2) is 0 Å². The molecule has 1 fully saturated rings. The van der Waals surface area contributed by atoms with Crippen LogP contribution in [0.3, 0.4) is 0 Å². The zero-order valence-corrected chi connectivity index (χ0v) is 20.5. The summed E-state index contributed by atoms with van der Waals surface area (Å²) in [6.07, 6.45) is 3.91. The molecule has 2 aromatic heterocycles. The molecule has 1 aromatic carbocycles. The number of rotatable bonds is 9. The van der Waals surface area contributed by atoms with Crippen molar-refractivity contribution in [3.63, 3.8) is 0 Å². The lowest BCUT2D eigenvalue weighted by atomic mass is 10.1. The second kappa shape index (κ2) is 11.4. The van der Waals surface area contributed by atoms with Gasteiger partial charge in [-0.15, -0.1) is 10.2 Å². The predicted octanol–water partition coefficient (Wildman–Crippen LogP) is 4.19. The molecule has 1 aliphatic rings. The maximum absolute atomic E-state index is 12.8. The van der Waals surface area contributed by atoms with Crippen LogP contribution >= 0.6 is 11.8 Å². The monoisotopic (exact) mass is 481 g/mol. The van der Waals surface area contributed by atoms with Gasteiger partial charge in [-0.1, -0.05) is 30.0 Å². The molecule has 8 nitrogen and oxygen atoms in total. The molecule has 34 heavy (non-hydrogen) atoms. The van der Waals surface area contributed by atoms with Crippen LogP contribution in [-0.2, 0) is 11.3 Å². The SMILES string of the molecule is CCn1c(SCCCCC(=O)N2CCN(C(=O)c3ccccc3)C(C)C2)nnc1-c1ccco1. The van der Waals surface area contributed by atoms with Crippen LogP contribution in [0.2, 0.25) is 0 Å². The summed E-state index contributed by atoms with van der Waals surface area (Å²) in [5, 5.41) is 9.45. The number of thioether (sulfide) groups is 1. The lowest BCUT2D eigenvalue weighted by Crippen LogP contribution is -2.55. The summed E-state index contributed by atoms with van der Waals surface area (Å²) in [5.41, 5.74) is 0.696. The van der Waals surface area contributed by atoms with Gasteiger partial charge in [0.15, 0.2) is 16.7 Å². The first-order chi connectivity index (χ1) is 16.6. The average Bonchev–Trinajstić information content (AvgIpc) is 3.53. The summed E-state index contributed by atoms with van der Waals surface area (Å²) >= 11 is 1.66. The second-order valence-electron chi connectivity index (χ2n) is 8.39. The minimum Gasteiger partial charge on any atom is -0.461 e. The first-order valence-corrected chi connectivity index (χ1v) is 12.8. The van der Waals surface area contributed by atoms with Crippen molar-refractivity contribution < 1.29 is 14.0 Å². The van der Waals surface area contributed by atoms with Crippen LogP contribution in [-0.4, -0.2) is 67.8 Å². The Bertz CT molecular complexity index is 1080. The molecule has 1 saturated heterocycles. The quantitative estimate of drug-likeness (QED) is 0.337. The van der Waals surface area contributed by atoms with Crippen molar-refractivity contribution in [2.45, 2.75) is 50.9 Å². The van der Waals surface area contributed by atoms with E-state index in [1.54, 1.807) is 18.0 Å². The summed E-state index contributed by atoms with van der Waals surface area (Å²) in [5.74, 6) is 2.53. The molecule has 4 rings (SSSR count). The highest BCUT2D eigenvalue weighted by atomic mass is 32.2. The number of nitrogens with zero attached hydrogens (tertiary/aromatic N) is 5. The second-order valence-corrected chi connectivity index (χ2v) is 9.45. The normalized spacial score (nSPS) is 16.1. The van der Waals surface area contributed by atoms with Gasteiger partial charge in [-0.3, -0.25) is 14.2 Å². The summed E-state index contributed by atoms with van der Waals surface area (Å²) in [6, 6.07) is 13.1. The topological polar surface area (TPSA) is 84.5 Å². The van der Waals surface area contributed by atoms with Crippen LogP contribution in [0.15, 0.2) is 58.3 Å². The Morgan fingerprint density at radius 2 is 1.91 bits per heavy atom. The van der Waals surface area contributed by atoms with Gasteiger partial charge in [0.25, 0.3) is 5.91 Å². The van der Waals surface area contributed by atoms with Crippen molar-refractivity contribution in [3.8, 4) is 11.6 Å². The summed E-state index contributed by atoms with van der Waals surface area (Å²) in [7, 11) is 0. The molecular weight excluding hydrogens is 450 g/mol. The number of unbranched alkanes of at least 4 members (excludes halogenated alkanes) is 1. The van der Waals surface area contributed by atoms with E-state index in [4.69, 9.17) is 4.42 Å². The van der Waals surface area contributed by atoms with Gasteiger partial charge in [0.1, 0.15) is 0 Å². The van der Waals surface area contributed by atoms with Crippen LogP contribution in [0, 0.1) is 0 Å². The standard InChI is InChI=1S/C25H31N5O3S/c1-3-29-23(21-12-9-16-33-21)26-27-25(29)34-17-8-7-13-22(31)28-14-15-30(19(2)18-28)24(32)20-10-5-4-6-11-20/h4-6,9-12,16,19H,3,7-8,13-15,17-18H2,1-2H3. The van der Waals surface area contributed by atoms with E-state index < -0.39 is 0 Å². The van der Waals surface area contributed by atoms with Crippen molar-refractivity contribution >= 4 is 23.6 Å². The highest BCUT2D eigenvalue weighted by molar-refractivity contribution is 7.99. The lowest BCUT2D eigenvalue weighted by Gasteiger charge is -2.40. The van der Waals surface area contributed by atoms with Crippen LogP contribution in [0.1, 0.15) is 43.5 Å². The molecule has 3 heterocycles. The van der Waals surface area contributed by atoms with Gasteiger partial charge in [0, 0.05) is 50.0 Å². The molecule has 2 amide bonds. The maximum Gasteiger partial charge on any atom is 0.254 e. The molecule has 1 atom stereocenters. The van der Waals surface area contributed by atoms with Gasteiger partial charge in [0.2, 0.25) is 5.91 Å².